The number of carbonyl (C=O) groups excluding carboxylic acids is 1. The van der Waals surface area contributed by atoms with Gasteiger partial charge in [0.05, 0.1) is 0 Å². The Kier molecular flexibility index (Phi) is 4.34. The van der Waals surface area contributed by atoms with Crippen molar-refractivity contribution in [3.63, 3.8) is 0 Å². The van der Waals surface area contributed by atoms with E-state index in [-0.39, 0.29) is 12.0 Å². The lowest BCUT2D eigenvalue weighted by molar-refractivity contribution is -0.133. The Hall–Kier alpha value is -2.01. The molecule has 0 radical (unpaired) electrons. The van der Waals surface area contributed by atoms with Crippen molar-refractivity contribution in [2.24, 2.45) is 0 Å². The second-order valence-corrected chi connectivity index (χ2v) is 6.07. The fraction of sp³-hybridized carbons (Fsp3) is 0.235. The maximum absolute atomic E-state index is 12.3. The molecule has 1 amide bonds. The molecule has 4 nitrogen and oxygen atoms in total. The number of benzene rings is 2. The SMILES string of the molecule is C[C@@H]1Oc2ccccc2O[C@H]1C(=O)NCc1cccc(Br)c1. The Morgan fingerprint density at radius 3 is 2.59 bits per heavy atom. The zero-order chi connectivity index (χ0) is 15.5. The summed E-state index contributed by atoms with van der Waals surface area (Å²) in [6, 6.07) is 15.2. The highest BCUT2D eigenvalue weighted by Crippen LogP contribution is 2.33. The molecule has 0 aromatic heterocycles. The van der Waals surface area contributed by atoms with E-state index in [0.717, 1.165) is 10.0 Å². The van der Waals surface area contributed by atoms with Gasteiger partial charge in [0.25, 0.3) is 5.91 Å². The zero-order valence-electron chi connectivity index (χ0n) is 12.1. The molecule has 0 saturated carbocycles. The standard InChI is InChI=1S/C17H16BrNO3/c1-11-16(22-15-8-3-2-7-14(15)21-11)17(20)19-10-12-5-4-6-13(18)9-12/h2-9,11,16H,10H2,1H3,(H,19,20)/t11-,16+/m0/s1. The quantitative estimate of drug-likeness (QED) is 0.912. The molecule has 3 rings (SSSR count). The molecule has 2 aromatic carbocycles. The van der Waals surface area contributed by atoms with Crippen LogP contribution in [0.5, 0.6) is 11.5 Å². The summed E-state index contributed by atoms with van der Waals surface area (Å²) < 4.78 is 12.5. The summed E-state index contributed by atoms with van der Waals surface area (Å²) in [5, 5.41) is 2.89. The number of hydrogen-bond donors (Lipinski definition) is 1. The summed E-state index contributed by atoms with van der Waals surface area (Å²) in [7, 11) is 0. The lowest BCUT2D eigenvalue weighted by Crippen LogP contribution is -2.48. The average Bonchev–Trinajstić information content (AvgIpc) is 2.52. The molecular weight excluding hydrogens is 346 g/mol. The van der Waals surface area contributed by atoms with E-state index in [1.807, 2.05) is 49.4 Å². The minimum atomic E-state index is -0.651. The van der Waals surface area contributed by atoms with Gasteiger partial charge in [-0.1, -0.05) is 40.2 Å². The van der Waals surface area contributed by atoms with Gasteiger partial charge in [-0.05, 0) is 36.8 Å². The zero-order valence-corrected chi connectivity index (χ0v) is 13.7. The number of carbonyl (C=O) groups is 1. The van der Waals surface area contributed by atoms with Crippen molar-refractivity contribution < 1.29 is 14.3 Å². The molecule has 0 spiro atoms. The molecule has 5 heteroatoms. The molecule has 0 saturated heterocycles. The fourth-order valence-corrected chi connectivity index (χ4v) is 2.79. The molecule has 0 aliphatic carbocycles. The number of rotatable bonds is 3. The van der Waals surface area contributed by atoms with Crippen molar-refractivity contribution in [2.45, 2.75) is 25.7 Å². The first kappa shape index (κ1) is 14.9. The van der Waals surface area contributed by atoms with E-state index in [9.17, 15) is 4.79 Å². The number of ether oxygens (including phenoxy) is 2. The van der Waals surface area contributed by atoms with Gasteiger partial charge in [0.2, 0.25) is 6.10 Å². The number of amides is 1. The van der Waals surface area contributed by atoms with E-state index in [1.54, 1.807) is 6.07 Å². The Labute approximate surface area is 137 Å². The third kappa shape index (κ3) is 3.25. The summed E-state index contributed by atoms with van der Waals surface area (Å²) in [6.07, 6.45) is -0.987. The van der Waals surface area contributed by atoms with Crippen LogP contribution in [0.15, 0.2) is 53.0 Å². The topological polar surface area (TPSA) is 47.6 Å². The van der Waals surface area contributed by atoms with Crippen molar-refractivity contribution in [3.05, 3.63) is 58.6 Å². The van der Waals surface area contributed by atoms with Gasteiger partial charge in [-0.25, -0.2) is 0 Å². The van der Waals surface area contributed by atoms with E-state index < -0.39 is 6.10 Å². The van der Waals surface area contributed by atoms with Gasteiger partial charge in [-0.2, -0.15) is 0 Å². The van der Waals surface area contributed by atoms with Crippen LogP contribution in [-0.4, -0.2) is 18.1 Å². The van der Waals surface area contributed by atoms with Crippen molar-refractivity contribution in [1.82, 2.24) is 5.32 Å². The monoisotopic (exact) mass is 361 g/mol. The largest absolute Gasteiger partial charge is 0.482 e. The minimum Gasteiger partial charge on any atom is -0.482 e. The van der Waals surface area contributed by atoms with Crippen LogP contribution in [0.4, 0.5) is 0 Å². The van der Waals surface area contributed by atoms with Crippen LogP contribution in [0.2, 0.25) is 0 Å². The van der Waals surface area contributed by atoms with E-state index >= 15 is 0 Å². The van der Waals surface area contributed by atoms with Crippen LogP contribution >= 0.6 is 15.9 Å². The van der Waals surface area contributed by atoms with Crippen LogP contribution in [-0.2, 0) is 11.3 Å². The maximum atomic E-state index is 12.3. The molecule has 0 bridgehead atoms. The lowest BCUT2D eigenvalue weighted by Gasteiger charge is -2.31. The summed E-state index contributed by atoms with van der Waals surface area (Å²) in [5.41, 5.74) is 1.02. The number of fused-ring (bicyclic) bond motifs is 1. The van der Waals surface area contributed by atoms with Gasteiger partial charge in [-0.3, -0.25) is 4.79 Å². The van der Waals surface area contributed by atoms with E-state index in [2.05, 4.69) is 21.2 Å². The fourth-order valence-electron chi connectivity index (χ4n) is 2.34. The van der Waals surface area contributed by atoms with Gasteiger partial charge < -0.3 is 14.8 Å². The number of para-hydroxylation sites is 2. The molecule has 114 valence electrons. The summed E-state index contributed by atoms with van der Waals surface area (Å²) in [5.74, 6) is 1.09. The highest BCUT2D eigenvalue weighted by atomic mass is 79.9. The first-order chi connectivity index (χ1) is 10.6. The van der Waals surface area contributed by atoms with Gasteiger partial charge in [0.15, 0.2) is 11.5 Å². The van der Waals surface area contributed by atoms with E-state index in [0.29, 0.717) is 18.0 Å². The van der Waals surface area contributed by atoms with Crippen LogP contribution in [0.3, 0.4) is 0 Å². The molecule has 2 atom stereocenters. The summed E-state index contributed by atoms with van der Waals surface area (Å²) in [4.78, 5) is 12.3. The van der Waals surface area contributed by atoms with Crippen molar-refractivity contribution in [1.29, 1.82) is 0 Å². The van der Waals surface area contributed by atoms with Crippen molar-refractivity contribution >= 4 is 21.8 Å². The van der Waals surface area contributed by atoms with Crippen LogP contribution in [0, 0.1) is 0 Å². The lowest BCUT2D eigenvalue weighted by atomic mass is 10.1. The maximum Gasteiger partial charge on any atom is 0.265 e. The molecule has 0 unspecified atom stereocenters. The van der Waals surface area contributed by atoms with Crippen molar-refractivity contribution in [2.75, 3.05) is 0 Å². The van der Waals surface area contributed by atoms with Crippen LogP contribution in [0.25, 0.3) is 0 Å². The molecular formula is C17H16BrNO3. The first-order valence-corrected chi connectivity index (χ1v) is 7.87. The predicted octanol–water partition coefficient (Wildman–Crippen LogP) is 3.29. The van der Waals surface area contributed by atoms with E-state index in [1.165, 1.54) is 0 Å². The first-order valence-electron chi connectivity index (χ1n) is 7.08. The summed E-state index contributed by atoms with van der Waals surface area (Å²) >= 11 is 3.42. The Morgan fingerprint density at radius 1 is 1.14 bits per heavy atom. The highest BCUT2D eigenvalue weighted by molar-refractivity contribution is 9.10. The molecule has 1 heterocycles. The molecule has 1 N–H and O–H groups in total. The minimum absolute atomic E-state index is 0.179. The second-order valence-electron chi connectivity index (χ2n) is 5.16. The van der Waals surface area contributed by atoms with E-state index in [4.69, 9.17) is 9.47 Å². The molecule has 0 fully saturated rings. The molecule has 22 heavy (non-hydrogen) atoms. The van der Waals surface area contributed by atoms with Crippen LogP contribution < -0.4 is 14.8 Å². The van der Waals surface area contributed by atoms with Gasteiger partial charge >= 0.3 is 0 Å². The molecule has 1 aliphatic heterocycles. The summed E-state index contributed by atoms with van der Waals surface area (Å²) in [6.45, 7) is 2.28. The Bertz CT molecular complexity index is 689. The number of hydrogen-bond acceptors (Lipinski definition) is 3. The van der Waals surface area contributed by atoms with Crippen molar-refractivity contribution in [3.8, 4) is 11.5 Å². The molecule has 1 aliphatic rings. The molecule has 2 aromatic rings. The van der Waals surface area contributed by atoms with Gasteiger partial charge in [0, 0.05) is 11.0 Å². The number of halogens is 1. The smallest absolute Gasteiger partial charge is 0.265 e. The average molecular weight is 362 g/mol. The number of nitrogens with one attached hydrogen (secondary N) is 1. The highest BCUT2D eigenvalue weighted by Gasteiger charge is 2.33. The third-order valence-electron chi connectivity index (χ3n) is 3.46. The Morgan fingerprint density at radius 2 is 1.86 bits per heavy atom. The van der Waals surface area contributed by atoms with Gasteiger partial charge in [-0.15, -0.1) is 0 Å². The normalized spacial score (nSPS) is 19.5. The predicted molar refractivity (Wildman–Crippen MR) is 86.9 cm³/mol. The third-order valence-corrected chi connectivity index (χ3v) is 3.95. The Balaban J connectivity index is 1.65. The van der Waals surface area contributed by atoms with Crippen LogP contribution in [0.1, 0.15) is 12.5 Å². The van der Waals surface area contributed by atoms with Gasteiger partial charge in [0.1, 0.15) is 6.10 Å². The second kappa shape index (κ2) is 6.40.